The van der Waals surface area contributed by atoms with Gasteiger partial charge in [0.15, 0.2) is 11.0 Å². The number of halogens is 1. The molecule has 140 valence electrons. The molecule has 6 nitrogen and oxygen atoms in total. The van der Waals surface area contributed by atoms with Crippen LogP contribution < -0.4 is 4.74 Å². The van der Waals surface area contributed by atoms with Gasteiger partial charge in [-0.1, -0.05) is 35.5 Å². The Labute approximate surface area is 166 Å². The molecule has 0 aliphatic rings. The number of carbonyl (C=O) groups excluding carboxylic acids is 1. The molecule has 0 bridgehead atoms. The molecule has 0 saturated carbocycles. The summed E-state index contributed by atoms with van der Waals surface area (Å²) >= 11 is 7.64. The molecule has 0 N–H and O–H groups in total. The quantitative estimate of drug-likeness (QED) is 0.452. The first kappa shape index (κ1) is 19.3. The van der Waals surface area contributed by atoms with Gasteiger partial charge in [-0.25, -0.2) is 0 Å². The number of benzene rings is 2. The van der Waals surface area contributed by atoms with Crippen molar-refractivity contribution in [3.63, 3.8) is 0 Å². The zero-order valence-corrected chi connectivity index (χ0v) is 16.6. The summed E-state index contributed by atoms with van der Waals surface area (Å²) in [7, 11) is 2.98. The van der Waals surface area contributed by atoms with Crippen LogP contribution in [0.15, 0.2) is 53.7 Å². The number of methoxy groups -OCH3 is 2. The SMILES string of the molecule is COC(=O)[C@@H](C)Sc1nnc(-c2ccccc2Cl)n1-c1ccc(OC)cc1. The van der Waals surface area contributed by atoms with Gasteiger partial charge in [0.05, 0.1) is 19.2 Å². The Balaban J connectivity index is 2.11. The van der Waals surface area contributed by atoms with E-state index >= 15 is 0 Å². The van der Waals surface area contributed by atoms with Crippen LogP contribution in [0.2, 0.25) is 5.02 Å². The van der Waals surface area contributed by atoms with Gasteiger partial charge < -0.3 is 9.47 Å². The zero-order chi connectivity index (χ0) is 19.4. The van der Waals surface area contributed by atoms with Crippen molar-refractivity contribution in [1.82, 2.24) is 14.8 Å². The largest absolute Gasteiger partial charge is 0.497 e. The third kappa shape index (κ3) is 4.09. The van der Waals surface area contributed by atoms with Crippen molar-refractivity contribution in [2.75, 3.05) is 14.2 Å². The molecule has 0 radical (unpaired) electrons. The fourth-order valence-corrected chi connectivity index (χ4v) is 3.61. The summed E-state index contributed by atoms with van der Waals surface area (Å²) in [5.74, 6) is 0.997. The molecule has 1 aromatic heterocycles. The predicted molar refractivity (Wildman–Crippen MR) is 106 cm³/mol. The molecule has 1 atom stereocenters. The minimum Gasteiger partial charge on any atom is -0.497 e. The summed E-state index contributed by atoms with van der Waals surface area (Å²) in [5, 5.41) is 9.31. The van der Waals surface area contributed by atoms with Crippen LogP contribution in [-0.4, -0.2) is 40.2 Å². The van der Waals surface area contributed by atoms with Crippen molar-refractivity contribution in [3.8, 4) is 22.8 Å². The summed E-state index contributed by atoms with van der Waals surface area (Å²) < 4.78 is 11.9. The predicted octanol–water partition coefficient (Wildman–Crippen LogP) is 4.25. The van der Waals surface area contributed by atoms with Crippen molar-refractivity contribution in [2.45, 2.75) is 17.3 Å². The van der Waals surface area contributed by atoms with Gasteiger partial charge in [-0.05, 0) is 43.3 Å². The monoisotopic (exact) mass is 403 g/mol. The summed E-state index contributed by atoms with van der Waals surface area (Å²) in [6, 6.07) is 14.9. The third-order valence-electron chi connectivity index (χ3n) is 3.89. The van der Waals surface area contributed by atoms with Crippen LogP contribution >= 0.6 is 23.4 Å². The van der Waals surface area contributed by atoms with E-state index in [1.54, 1.807) is 20.1 Å². The highest BCUT2D eigenvalue weighted by Gasteiger charge is 2.23. The average Bonchev–Trinajstić information content (AvgIpc) is 3.10. The molecule has 3 aromatic rings. The second-order valence-electron chi connectivity index (χ2n) is 5.60. The summed E-state index contributed by atoms with van der Waals surface area (Å²) in [5.41, 5.74) is 1.58. The van der Waals surface area contributed by atoms with Gasteiger partial charge in [0.1, 0.15) is 11.0 Å². The van der Waals surface area contributed by atoms with Gasteiger partial charge >= 0.3 is 5.97 Å². The zero-order valence-electron chi connectivity index (χ0n) is 15.0. The van der Waals surface area contributed by atoms with Crippen molar-refractivity contribution in [3.05, 3.63) is 53.6 Å². The Morgan fingerprint density at radius 3 is 2.44 bits per heavy atom. The van der Waals surface area contributed by atoms with Gasteiger partial charge in [-0.3, -0.25) is 9.36 Å². The van der Waals surface area contributed by atoms with Crippen LogP contribution in [-0.2, 0) is 9.53 Å². The first-order valence-electron chi connectivity index (χ1n) is 8.14. The van der Waals surface area contributed by atoms with Crippen LogP contribution in [0.4, 0.5) is 0 Å². The van der Waals surface area contributed by atoms with Crippen molar-refractivity contribution in [1.29, 1.82) is 0 Å². The van der Waals surface area contributed by atoms with Crippen LogP contribution in [0.3, 0.4) is 0 Å². The lowest BCUT2D eigenvalue weighted by molar-refractivity contribution is -0.139. The Morgan fingerprint density at radius 2 is 1.81 bits per heavy atom. The van der Waals surface area contributed by atoms with E-state index in [0.717, 1.165) is 17.0 Å². The van der Waals surface area contributed by atoms with Crippen LogP contribution in [0.5, 0.6) is 5.75 Å². The number of esters is 1. The Kier molecular flexibility index (Phi) is 6.03. The molecular formula is C19H18ClN3O3S. The normalized spacial score (nSPS) is 11.9. The second kappa shape index (κ2) is 8.45. The first-order valence-corrected chi connectivity index (χ1v) is 9.40. The second-order valence-corrected chi connectivity index (χ2v) is 7.32. The van der Waals surface area contributed by atoms with E-state index in [2.05, 4.69) is 10.2 Å². The number of hydrogen-bond acceptors (Lipinski definition) is 6. The van der Waals surface area contributed by atoms with Gasteiger partial charge in [0.25, 0.3) is 0 Å². The fraction of sp³-hybridized carbons (Fsp3) is 0.211. The maximum atomic E-state index is 11.8. The third-order valence-corrected chi connectivity index (χ3v) is 5.24. The Bertz CT molecular complexity index is 944. The topological polar surface area (TPSA) is 66.2 Å². The number of aromatic nitrogens is 3. The van der Waals surface area contributed by atoms with E-state index < -0.39 is 5.25 Å². The summed E-state index contributed by atoms with van der Waals surface area (Å²) in [6.07, 6.45) is 0. The molecule has 1 heterocycles. The lowest BCUT2D eigenvalue weighted by atomic mass is 10.2. The number of hydrogen-bond donors (Lipinski definition) is 0. The molecule has 0 unspecified atom stereocenters. The molecule has 27 heavy (non-hydrogen) atoms. The molecule has 0 aliphatic heterocycles. The molecule has 0 aliphatic carbocycles. The number of rotatable bonds is 6. The van der Waals surface area contributed by atoms with E-state index in [1.165, 1.54) is 18.9 Å². The molecule has 0 spiro atoms. The van der Waals surface area contributed by atoms with E-state index in [1.807, 2.05) is 47.0 Å². The van der Waals surface area contributed by atoms with E-state index in [-0.39, 0.29) is 5.97 Å². The van der Waals surface area contributed by atoms with Crippen LogP contribution in [0, 0.1) is 0 Å². The van der Waals surface area contributed by atoms with Crippen LogP contribution in [0.1, 0.15) is 6.92 Å². The number of thioether (sulfide) groups is 1. The Morgan fingerprint density at radius 1 is 1.11 bits per heavy atom. The van der Waals surface area contributed by atoms with Crippen molar-refractivity contribution < 1.29 is 14.3 Å². The molecule has 0 amide bonds. The molecule has 3 rings (SSSR count). The molecule has 2 aromatic carbocycles. The summed E-state index contributed by atoms with van der Waals surface area (Å²) in [4.78, 5) is 11.8. The van der Waals surface area contributed by atoms with Gasteiger partial charge in [-0.15, -0.1) is 10.2 Å². The average molecular weight is 404 g/mol. The lowest BCUT2D eigenvalue weighted by Gasteiger charge is -2.13. The van der Waals surface area contributed by atoms with Gasteiger partial charge in [-0.2, -0.15) is 0 Å². The minimum absolute atomic E-state index is 0.330. The highest BCUT2D eigenvalue weighted by atomic mass is 35.5. The summed E-state index contributed by atoms with van der Waals surface area (Å²) in [6.45, 7) is 1.76. The van der Waals surface area contributed by atoms with E-state index in [0.29, 0.717) is 16.0 Å². The Hall–Kier alpha value is -2.51. The molecular weight excluding hydrogens is 386 g/mol. The molecule has 0 fully saturated rings. The standard InChI is InChI=1S/C19H18ClN3O3S/c1-12(18(24)26-3)27-19-22-21-17(15-6-4-5-7-16(15)20)23(19)13-8-10-14(25-2)11-9-13/h4-12H,1-3H3/t12-/m1/s1. The van der Waals surface area contributed by atoms with Crippen molar-refractivity contribution in [2.24, 2.45) is 0 Å². The maximum Gasteiger partial charge on any atom is 0.318 e. The lowest BCUT2D eigenvalue weighted by Crippen LogP contribution is -2.15. The highest BCUT2D eigenvalue weighted by molar-refractivity contribution is 8.00. The number of nitrogens with zero attached hydrogens (tertiary/aromatic N) is 3. The molecule has 8 heteroatoms. The van der Waals surface area contributed by atoms with Crippen molar-refractivity contribution >= 4 is 29.3 Å². The van der Waals surface area contributed by atoms with E-state index in [9.17, 15) is 4.79 Å². The van der Waals surface area contributed by atoms with Crippen LogP contribution in [0.25, 0.3) is 17.1 Å². The maximum absolute atomic E-state index is 11.8. The smallest absolute Gasteiger partial charge is 0.318 e. The fourth-order valence-electron chi connectivity index (χ4n) is 2.50. The molecule has 0 saturated heterocycles. The van der Waals surface area contributed by atoms with Gasteiger partial charge in [0, 0.05) is 11.3 Å². The van der Waals surface area contributed by atoms with Gasteiger partial charge in [0.2, 0.25) is 0 Å². The first-order chi connectivity index (χ1) is 13.0. The minimum atomic E-state index is -0.435. The number of ether oxygens (including phenoxy) is 2. The van der Waals surface area contributed by atoms with E-state index in [4.69, 9.17) is 21.1 Å². The number of carbonyl (C=O) groups is 1. The highest BCUT2D eigenvalue weighted by Crippen LogP contribution is 2.33.